The molecular formula is C17H27N3O3S. The summed E-state index contributed by atoms with van der Waals surface area (Å²) in [6.07, 6.45) is 1.62. The molecule has 1 heterocycles. The van der Waals surface area contributed by atoms with Crippen LogP contribution in [0, 0.1) is 0 Å². The summed E-state index contributed by atoms with van der Waals surface area (Å²) in [6, 6.07) is 7.11. The van der Waals surface area contributed by atoms with Gasteiger partial charge in [-0.2, -0.15) is 4.31 Å². The van der Waals surface area contributed by atoms with E-state index in [1.165, 1.54) is 4.31 Å². The Morgan fingerprint density at radius 2 is 1.79 bits per heavy atom. The van der Waals surface area contributed by atoms with Crippen LogP contribution in [0.4, 0.5) is 0 Å². The molecule has 1 fully saturated rings. The van der Waals surface area contributed by atoms with Gasteiger partial charge in [0.05, 0.1) is 11.4 Å². The van der Waals surface area contributed by atoms with Crippen LogP contribution in [0.2, 0.25) is 0 Å². The molecule has 7 heteroatoms. The highest BCUT2D eigenvalue weighted by Gasteiger charge is 2.27. The van der Waals surface area contributed by atoms with Crippen LogP contribution >= 0.6 is 0 Å². The number of carbonyl (C=O) groups excluding carboxylic acids is 1. The fourth-order valence-electron chi connectivity index (χ4n) is 2.85. The predicted molar refractivity (Wildman–Crippen MR) is 94.3 cm³/mol. The minimum absolute atomic E-state index is 0.0102. The predicted octanol–water partition coefficient (Wildman–Crippen LogP) is 1.08. The van der Waals surface area contributed by atoms with Gasteiger partial charge in [0.15, 0.2) is 0 Å². The molecule has 1 saturated heterocycles. The summed E-state index contributed by atoms with van der Waals surface area (Å²) in [5.41, 5.74) is 1.12. The molecule has 0 bridgehead atoms. The zero-order valence-corrected chi connectivity index (χ0v) is 15.3. The molecule has 24 heavy (non-hydrogen) atoms. The molecule has 2 rings (SSSR count). The Hall–Kier alpha value is -1.44. The van der Waals surface area contributed by atoms with E-state index in [2.05, 4.69) is 5.32 Å². The molecule has 6 nitrogen and oxygen atoms in total. The number of hydrogen-bond donors (Lipinski definition) is 1. The highest BCUT2D eigenvalue weighted by atomic mass is 32.2. The Balaban J connectivity index is 2.02. The van der Waals surface area contributed by atoms with Crippen molar-refractivity contribution in [3.63, 3.8) is 0 Å². The molecule has 1 aromatic rings. The summed E-state index contributed by atoms with van der Waals surface area (Å²) < 4.78 is 27.1. The Morgan fingerprint density at radius 1 is 1.08 bits per heavy atom. The summed E-state index contributed by atoms with van der Waals surface area (Å²) in [5, 5.41) is 2.78. The molecule has 0 radical (unpaired) electrons. The fraction of sp³-hybridized carbons (Fsp3) is 0.588. The molecule has 1 amide bonds. The zero-order valence-electron chi connectivity index (χ0n) is 14.5. The van der Waals surface area contributed by atoms with Crippen LogP contribution < -0.4 is 5.32 Å². The number of amides is 1. The Bertz CT molecular complexity index is 644. The maximum absolute atomic E-state index is 12.8. The van der Waals surface area contributed by atoms with Gasteiger partial charge in [-0.3, -0.25) is 9.69 Å². The molecule has 0 aliphatic carbocycles. The first-order valence-electron chi connectivity index (χ1n) is 8.55. The Morgan fingerprint density at radius 3 is 2.42 bits per heavy atom. The van der Waals surface area contributed by atoms with Gasteiger partial charge >= 0.3 is 0 Å². The lowest BCUT2D eigenvalue weighted by Gasteiger charge is -2.21. The number of hydrogen-bond acceptors (Lipinski definition) is 4. The van der Waals surface area contributed by atoms with Crippen LogP contribution in [0.5, 0.6) is 0 Å². The lowest BCUT2D eigenvalue weighted by Crippen LogP contribution is -2.40. The van der Waals surface area contributed by atoms with E-state index in [-0.39, 0.29) is 5.91 Å². The minimum atomic E-state index is -3.47. The molecule has 1 aliphatic rings. The van der Waals surface area contributed by atoms with Gasteiger partial charge in [-0.15, -0.1) is 0 Å². The first-order valence-corrected chi connectivity index (χ1v) is 9.99. The number of aryl methyl sites for hydroxylation is 1. The van der Waals surface area contributed by atoms with Crippen molar-refractivity contribution in [3.8, 4) is 0 Å². The summed E-state index contributed by atoms with van der Waals surface area (Å²) in [6.45, 7) is 7.08. The van der Waals surface area contributed by atoms with Crippen LogP contribution in [0.25, 0.3) is 0 Å². The molecule has 1 N–H and O–H groups in total. The van der Waals surface area contributed by atoms with Gasteiger partial charge in [-0.05, 0) is 44.0 Å². The lowest BCUT2D eigenvalue weighted by molar-refractivity contribution is -0.122. The molecule has 134 valence electrons. The topological polar surface area (TPSA) is 69.7 Å². The molecule has 0 saturated carbocycles. The average molecular weight is 353 g/mol. The second-order valence-electron chi connectivity index (χ2n) is 5.98. The number of rotatable bonds is 6. The number of nitrogens with one attached hydrogen (secondary N) is 1. The van der Waals surface area contributed by atoms with Crippen molar-refractivity contribution in [2.75, 3.05) is 39.3 Å². The second-order valence-corrected chi connectivity index (χ2v) is 7.92. The minimum Gasteiger partial charge on any atom is -0.355 e. The molecule has 1 aromatic carbocycles. The zero-order chi connectivity index (χ0) is 17.6. The van der Waals surface area contributed by atoms with Crippen molar-refractivity contribution in [1.29, 1.82) is 0 Å². The number of benzene rings is 1. The van der Waals surface area contributed by atoms with Gasteiger partial charge in [0.1, 0.15) is 0 Å². The van der Waals surface area contributed by atoms with Crippen LogP contribution in [0.15, 0.2) is 29.2 Å². The standard InChI is InChI=1S/C17H27N3O3S/c1-3-15-6-8-16(9-7-15)24(22,23)20-11-5-10-19(12-13-20)14-17(21)18-4-2/h6-9H,3-5,10-14H2,1-2H3,(H,18,21). The van der Waals surface area contributed by atoms with Crippen molar-refractivity contribution in [3.05, 3.63) is 29.8 Å². The molecule has 0 aromatic heterocycles. The third kappa shape index (κ3) is 4.78. The highest BCUT2D eigenvalue weighted by Crippen LogP contribution is 2.18. The van der Waals surface area contributed by atoms with E-state index in [0.717, 1.165) is 24.9 Å². The van der Waals surface area contributed by atoms with Crippen LogP contribution in [-0.2, 0) is 21.2 Å². The normalized spacial score (nSPS) is 17.4. The average Bonchev–Trinajstić information content (AvgIpc) is 2.81. The summed E-state index contributed by atoms with van der Waals surface area (Å²) >= 11 is 0. The maximum atomic E-state index is 12.8. The Kier molecular flexibility index (Phi) is 6.77. The molecule has 0 atom stereocenters. The highest BCUT2D eigenvalue weighted by molar-refractivity contribution is 7.89. The molecular weight excluding hydrogens is 326 g/mol. The van der Waals surface area contributed by atoms with Gasteiger partial charge in [-0.1, -0.05) is 19.1 Å². The number of likely N-dealkylation sites (N-methyl/N-ethyl adjacent to an activating group) is 1. The number of sulfonamides is 1. The van der Waals surface area contributed by atoms with Gasteiger partial charge in [0.25, 0.3) is 0 Å². The first-order chi connectivity index (χ1) is 11.5. The van der Waals surface area contributed by atoms with E-state index in [1.807, 2.05) is 30.9 Å². The van der Waals surface area contributed by atoms with E-state index >= 15 is 0 Å². The van der Waals surface area contributed by atoms with Gasteiger partial charge in [0.2, 0.25) is 15.9 Å². The first kappa shape index (κ1) is 18.9. The molecule has 0 unspecified atom stereocenters. The smallest absolute Gasteiger partial charge is 0.243 e. The van der Waals surface area contributed by atoms with Crippen molar-refractivity contribution in [1.82, 2.24) is 14.5 Å². The molecule has 1 aliphatic heterocycles. The van der Waals surface area contributed by atoms with Crippen molar-refractivity contribution in [2.45, 2.75) is 31.6 Å². The SMILES string of the molecule is CCNC(=O)CN1CCCN(S(=O)(=O)c2ccc(CC)cc2)CC1. The fourth-order valence-corrected chi connectivity index (χ4v) is 4.32. The van der Waals surface area contributed by atoms with Gasteiger partial charge in [-0.25, -0.2) is 8.42 Å². The van der Waals surface area contributed by atoms with E-state index in [9.17, 15) is 13.2 Å². The van der Waals surface area contributed by atoms with E-state index in [0.29, 0.717) is 37.6 Å². The van der Waals surface area contributed by atoms with Gasteiger partial charge < -0.3 is 5.32 Å². The van der Waals surface area contributed by atoms with Crippen molar-refractivity contribution >= 4 is 15.9 Å². The van der Waals surface area contributed by atoms with Crippen molar-refractivity contribution < 1.29 is 13.2 Å². The number of carbonyl (C=O) groups is 1. The quantitative estimate of drug-likeness (QED) is 0.831. The molecule has 0 spiro atoms. The van der Waals surface area contributed by atoms with Crippen molar-refractivity contribution in [2.24, 2.45) is 0 Å². The van der Waals surface area contributed by atoms with Crippen LogP contribution in [0.1, 0.15) is 25.8 Å². The monoisotopic (exact) mass is 353 g/mol. The van der Waals surface area contributed by atoms with E-state index in [4.69, 9.17) is 0 Å². The van der Waals surface area contributed by atoms with Crippen LogP contribution in [0.3, 0.4) is 0 Å². The number of nitrogens with zero attached hydrogens (tertiary/aromatic N) is 2. The summed E-state index contributed by atoms with van der Waals surface area (Å²) in [7, 11) is -3.47. The largest absolute Gasteiger partial charge is 0.355 e. The summed E-state index contributed by atoms with van der Waals surface area (Å²) in [4.78, 5) is 14.1. The third-order valence-electron chi connectivity index (χ3n) is 4.26. The van der Waals surface area contributed by atoms with E-state index in [1.54, 1.807) is 12.1 Å². The maximum Gasteiger partial charge on any atom is 0.243 e. The van der Waals surface area contributed by atoms with Crippen LogP contribution in [-0.4, -0.2) is 62.8 Å². The van der Waals surface area contributed by atoms with Gasteiger partial charge in [0, 0.05) is 26.2 Å². The lowest BCUT2D eigenvalue weighted by atomic mass is 10.2. The Labute approximate surface area is 144 Å². The summed E-state index contributed by atoms with van der Waals surface area (Å²) in [5.74, 6) is -0.0102. The third-order valence-corrected chi connectivity index (χ3v) is 6.17. The second kappa shape index (κ2) is 8.60. The van der Waals surface area contributed by atoms with E-state index < -0.39 is 10.0 Å².